The first kappa shape index (κ1) is 22.0. The molecule has 0 aromatic heterocycles. The summed E-state index contributed by atoms with van der Waals surface area (Å²) >= 11 is 0. The second-order valence-electron chi connectivity index (χ2n) is 6.50. The van der Waals surface area contributed by atoms with Gasteiger partial charge in [-0.2, -0.15) is 0 Å². The number of carbonyl (C=O) groups excluding carboxylic acids is 1. The zero-order valence-corrected chi connectivity index (χ0v) is 17.5. The van der Waals surface area contributed by atoms with Gasteiger partial charge in [0.25, 0.3) is 0 Å². The zero-order valence-electron chi connectivity index (χ0n) is 17.5. The molecule has 152 valence electrons. The van der Waals surface area contributed by atoms with Crippen molar-refractivity contribution in [3.63, 3.8) is 0 Å². The number of nitrogens with zero attached hydrogens (tertiary/aromatic N) is 1. The Morgan fingerprint density at radius 1 is 1.00 bits per heavy atom. The van der Waals surface area contributed by atoms with Crippen molar-refractivity contribution in [3.05, 3.63) is 78.4 Å². The second-order valence-corrected chi connectivity index (χ2v) is 6.50. The molecule has 0 unspecified atom stereocenters. The van der Waals surface area contributed by atoms with Gasteiger partial charge < -0.3 is 10.6 Å². The quantitative estimate of drug-likeness (QED) is 0.525. The normalized spacial score (nSPS) is 12.1. The van der Waals surface area contributed by atoms with Crippen LogP contribution in [0.25, 0.3) is 0 Å². The smallest absolute Gasteiger partial charge is 0.324 e. The summed E-state index contributed by atoms with van der Waals surface area (Å²) in [6, 6.07) is 15.6. The van der Waals surface area contributed by atoms with Crippen LogP contribution in [-0.4, -0.2) is 18.4 Å². The van der Waals surface area contributed by atoms with Gasteiger partial charge in [0.05, 0.1) is 6.54 Å². The van der Waals surface area contributed by atoms with Crippen LogP contribution in [0.5, 0.6) is 0 Å². The molecule has 1 aliphatic heterocycles. The molecule has 3 rings (SSSR count). The van der Waals surface area contributed by atoms with Gasteiger partial charge >= 0.3 is 6.03 Å². The second kappa shape index (κ2) is 11.5. The minimum atomic E-state index is -0.296. The number of allylic oxidation sites excluding steroid dienone is 1. The highest BCUT2D eigenvalue weighted by Gasteiger charge is 2.08. The summed E-state index contributed by atoms with van der Waals surface area (Å²) in [6.07, 6.45) is 5.79. The summed E-state index contributed by atoms with van der Waals surface area (Å²) < 4.78 is 0. The number of benzene rings is 2. The maximum Gasteiger partial charge on any atom is 0.324 e. The maximum absolute atomic E-state index is 12.0. The molecule has 1 aliphatic rings. The third-order valence-electron chi connectivity index (χ3n) is 4.15. The van der Waals surface area contributed by atoms with Crippen molar-refractivity contribution in [1.82, 2.24) is 5.32 Å². The minimum Gasteiger partial charge on any atom is -0.356 e. The lowest BCUT2D eigenvalue weighted by molar-refractivity contribution is 0.256. The Balaban J connectivity index is 0.00000145. The first-order valence-electron chi connectivity index (χ1n) is 9.99. The molecule has 0 saturated heterocycles. The molecule has 2 aromatic carbocycles. The molecule has 1 heterocycles. The van der Waals surface area contributed by atoms with Crippen molar-refractivity contribution >= 4 is 28.9 Å². The van der Waals surface area contributed by atoms with Gasteiger partial charge in [0.15, 0.2) is 0 Å². The van der Waals surface area contributed by atoms with E-state index >= 15 is 0 Å². The number of hydrogen-bond acceptors (Lipinski definition) is 3. The van der Waals surface area contributed by atoms with E-state index in [1.54, 1.807) is 0 Å². The topological polar surface area (TPSA) is 65.5 Å². The number of nitrogens with one attached hydrogen (secondary N) is 3. The van der Waals surface area contributed by atoms with Crippen LogP contribution in [0.2, 0.25) is 0 Å². The molecule has 0 radical (unpaired) electrons. The highest BCUT2D eigenvalue weighted by molar-refractivity contribution is 6.08. The van der Waals surface area contributed by atoms with Crippen LogP contribution in [0, 0.1) is 0 Å². The molecule has 0 aliphatic carbocycles. The number of amides is 2. The number of aliphatic imine (C=N–C) groups is 1. The monoisotopic (exact) mass is 390 g/mol. The summed E-state index contributed by atoms with van der Waals surface area (Å²) in [5.41, 5.74) is 5.13. The van der Waals surface area contributed by atoms with E-state index in [1.807, 2.05) is 57.2 Å². The fourth-order valence-electron chi connectivity index (χ4n) is 2.72. The molecule has 0 spiro atoms. The zero-order chi connectivity index (χ0) is 21.1. The fraction of sp³-hybridized carbons (Fsp3) is 0.250. The minimum absolute atomic E-state index is 0.296. The number of rotatable bonds is 6. The molecule has 0 saturated carbocycles. The average molecular weight is 391 g/mol. The number of carbonyl (C=O) groups is 1. The summed E-state index contributed by atoms with van der Waals surface area (Å²) in [6.45, 7) is 10.4. The summed E-state index contributed by atoms with van der Waals surface area (Å²) in [4.78, 5) is 16.2. The molecule has 0 fully saturated rings. The van der Waals surface area contributed by atoms with Crippen molar-refractivity contribution in [3.8, 4) is 0 Å². The average Bonchev–Trinajstić information content (AvgIpc) is 3.15. The van der Waals surface area contributed by atoms with Crippen LogP contribution in [-0.2, 0) is 6.42 Å². The predicted octanol–water partition coefficient (Wildman–Crippen LogP) is 6.05. The Morgan fingerprint density at radius 2 is 1.59 bits per heavy atom. The fourth-order valence-corrected chi connectivity index (χ4v) is 2.72. The number of aryl methyl sites for hydroxylation is 1. The summed E-state index contributed by atoms with van der Waals surface area (Å²) in [7, 11) is 0. The van der Waals surface area contributed by atoms with Crippen LogP contribution in [0.3, 0.4) is 0 Å². The van der Waals surface area contributed by atoms with Crippen molar-refractivity contribution in [1.29, 1.82) is 0 Å². The van der Waals surface area contributed by atoms with Gasteiger partial charge in [-0.15, -0.1) is 6.58 Å². The molecular formula is C24H30N4O. The Morgan fingerprint density at radius 3 is 2.14 bits per heavy atom. The molecule has 29 heavy (non-hydrogen) atoms. The number of urea groups is 1. The van der Waals surface area contributed by atoms with E-state index in [-0.39, 0.29) is 6.03 Å². The standard InChI is InChI=1S/C22H24N4O.C2H6/c1-3-4-5-17-6-8-18(9-7-17)24-19-10-12-20(13-11-19)25-22(27)26-21-14-16(2)15-23-21;1-2/h3,6-14,24H,1,4-5,15H2,2H3,(H2,23,25,26,27);1-2H3. The molecule has 3 N–H and O–H groups in total. The van der Waals surface area contributed by atoms with E-state index in [0.717, 1.165) is 35.5 Å². The van der Waals surface area contributed by atoms with Gasteiger partial charge in [-0.3, -0.25) is 10.3 Å². The van der Waals surface area contributed by atoms with E-state index in [0.29, 0.717) is 12.4 Å². The Bertz CT molecular complexity index is 865. The SMILES string of the molecule is C=CCCc1ccc(Nc2ccc(NC(=O)NC3=NCC(C)=C3)cc2)cc1.CC. The third-order valence-corrected chi connectivity index (χ3v) is 4.15. The van der Waals surface area contributed by atoms with E-state index < -0.39 is 0 Å². The predicted molar refractivity (Wildman–Crippen MR) is 124 cm³/mol. The summed E-state index contributed by atoms with van der Waals surface area (Å²) in [5, 5.41) is 8.90. The molecule has 0 bridgehead atoms. The molecule has 2 amide bonds. The lowest BCUT2D eigenvalue weighted by Gasteiger charge is -2.10. The Hall–Kier alpha value is -3.34. The van der Waals surface area contributed by atoms with Gasteiger partial charge in [-0.05, 0) is 73.4 Å². The molecule has 2 aromatic rings. The van der Waals surface area contributed by atoms with Crippen molar-refractivity contribution in [2.45, 2.75) is 33.6 Å². The lowest BCUT2D eigenvalue weighted by atomic mass is 10.1. The number of anilines is 3. The Labute approximate surface area is 173 Å². The van der Waals surface area contributed by atoms with Gasteiger partial charge in [-0.1, -0.05) is 32.1 Å². The molecular weight excluding hydrogens is 360 g/mol. The van der Waals surface area contributed by atoms with Crippen LogP contribution in [0.1, 0.15) is 32.8 Å². The highest BCUT2D eigenvalue weighted by atomic mass is 16.2. The highest BCUT2D eigenvalue weighted by Crippen LogP contribution is 2.20. The number of amidine groups is 1. The molecule has 5 nitrogen and oxygen atoms in total. The van der Waals surface area contributed by atoms with E-state index in [1.165, 1.54) is 5.56 Å². The lowest BCUT2D eigenvalue weighted by Crippen LogP contribution is -2.32. The maximum atomic E-state index is 12.0. The first-order valence-corrected chi connectivity index (χ1v) is 9.99. The van der Waals surface area contributed by atoms with Crippen LogP contribution in [0.15, 0.2) is 77.8 Å². The van der Waals surface area contributed by atoms with Gasteiger partial charge in [0.1, 0.15) is 5.84 Å². The van der Waals surface area contributed by atoms with Crippen molar-refractivity contribution in [2.24, 2.45) is 4.99 Å². The van der Waals surface area contributed by atoms with E-state index in [9.17, 15) is 4.79 Å². The Kier molecular flexibility index (Phi) is 8.70. The van der Waals surface area contributed by atoms with Crippen molar-refractivity contribution < 1.29 is 4.79 Å². The molecule has 0 atom stereocenters. The van der Waals surface area contributed by atoms with Crippen molar-refractivity contribution in [2.75, 3.05) is 17.2 Å². The van der Waals surface area contributed by atoms with Gasteiger partial charge in [0, 0.05) is 17.1 Å². The van der Waals surface area contributed by atoms with Crippen LogP contribution < -0.4 is 16.0 Å². The van der Waals surface area contributed by atoms with Gasteiger partial charge in [0.2, 0.25) is 0 Å². The summed E-state index contributed by atoms with van der Waals surface area (Å²) in [5.74, 6) is 0.597. The van der Waals surface area contributed by atoms with Crippen LogP contribution >= 0.6 is 0 Å². The van der Waals surface area contributed by atoms with Gasteiger partial charge in [-0.25, -0.2) is 4.79 Å². The van der Waals surface area contributed by atoms with E-state index in [4.69, 9.17) is 0 Å². The van der Waals surface area contributed by atoms with E-state index in [2.05, 4.69) is 51.8 Å². The first-order chi connectivity index (χ1) is 14.1. The largest absolute Gasteiger partial charge is 0.356 e. The molecule has 5 heteroatoms. The number of hydrogen-bond donors (Lipinski definition) is 3. The van der Waals surface area contributed by atoms with Crippen LogP contribution in [0.4, 0.5) is 21.9 Å². The third kappa shape index (κ3) is 7.30.